The van der Waals surface area contributed by atoms with Crippen molar-refractivity contribution in [3.63, 3.8) is 0 Å². The van der Waals surface area contributed by atoms with E-state index >= 15 is 0 Å². The van der Waals surface area contributed by atoms with Crippen LogP contribution in [0, 0.1) is 11.8 Å². The number of thiophene rings is 1. The zero-order chi connectivity index (χ0) is 19.3. The van der Waals surface area contributed by atoms with E-state index < -0.39 is 0 Å². The summed E-state index contributed by atoms with van der Waals surface area (Å²) in [6, 6.07) is 4.37. The lowest BCUT2D eigenvalue weighted by Crippen LogP contribution is -2.57. The van der Waals surface area contributed by atoms with Gasteiger partial charge in [0.25, 0.3) is 0 Å². The van der Waals surface area contributed by atoms with Gasteiger partial charge in [0, 0.05) is 43.1 Å². The minimum absolute atomic E-state index is 0.109. The monoisotopic (exact) mass is 400 g/mol. The van der Waals surface area contributed by atoms with E-state index in [0.29, 0.717) is 24.3 Å². The lowest BCUT2D eigenvalue weighted by atomic mass is 9.82. The van der Waals surface area contributed by atoms with E-state index in [1.807, 2.05) is 28.5 Å². The van der Waals surface area contributed by atoms with Crippen molar-refractivity contribution in [3.8, 4) is 0 Å². The van der Waals surface area contributed by atoms with Crippen LogP contribution in [-0.2, 0) is 9.59 Å². The van der Waals surface area contributed by atoms with Crippen molar-refractivity contribution in [3.05, 3.63) is 28.5 Å². The predicted molar refractivity (Wildman–Crippen MR) is 114 cm³/mol. The summed E-state index contributed by atoms with van der Waals surface area (Å²) in [7, 11) is 0. The molecule has 1 aromatic heterocycles. The summed E-state index contributed by atoms with van der Waals surface area (Å²) < 4.78 is 0. The Morgan fingerprint density at radius 1 is 1.18 bits per heavy atom. The van der Waals surface area contributed by atoms with Crippen molar-refractivity contribution in [1.29, 1.82) is 0 Å². The van der Waals surface area contributed by atoms with Gasteiger partial charge in [-0.3, -0.25) is 9.59 Å². The zero-order valence-electron chi connectivity index (χ0n) is 16.7. The highest BCUT2D eigenvalue weighted by Gasteiger charge is 2.40. The molecule has 3 heterocycles. The maximum absolute atomic E-state index is 12.6. The van der Waals surface area contributed by atoms with Crippen molar-refractivity contribution < 1.29 is 9.59 Å². The summed E-state index contributed by atoms with van der Waals surface area (Å²) in [5.74, 6) is 1.70. The van der Waals surface area contributed by atoms with Crippen LogP contribution in [0.3, 0.4) is 0 Å². The van der Waals surface area contributed by atoms with Crippen molar-refractivity contribution in [1.82, 2.24) is 9.80 Å². The number of carbonyl (C=O) groups is 2. The minimum atomic E-state index is 0.109. The van der Waals surface area contributed by atoms with Gasteiger partial charge in [-0.15, -0.1) is 11.3 Å². The predicted octanol–water partition coefficient (Wildman–Crippen LogP) is 4.57. The molecule has 2 aliphatic heterocycles. The Morgan fingerprint density at radius 3 is 2.82 bits per heavy atom. The van der Waals surface area contributed by atoms with E-state index in [-0.39, 0.29) is 5.91 Å². The molecule has 0 unspecified atom stereocenters. The molecule has 0 radical (unpaired) electrons. The third-order valence-corrected chi connectivity index (χ3v) is 7.73. The topological polar surface area (TPSA) is 40.6 Å². The second-order valence-electron chi connectivity index (χ2n) is 8.67. The zero-order valence-corrected chi connectivity index (χ0v) is 17.5. The van der Waals surface area contributed by atoms with Crippen LogP contribution in [0.1, 0.15) is 62.7 Å². The molecule has 28 heavy (non-hydrogen) atoms. The Morgan fingerprint density at radius 2 is 2.04 bits per heavy atom. The van der Waals surface area contributed by atoms with Crippen molar-refractivity contribution >= 4 is 29.2 Å². The summed E-state index contributed by atoms with van der Waals surface area (Å²) in [4.78, 5) is 30.5. The van der Waals surface area contributed by atoms with Gasteiger partial charge in [0.2, 0.25) is 11.8 Å². The van der Waals surface area contributed by atoms with Gasteiger partial charge in [0.15, 0.2) is 0 Å². The van der Waals surface area contributed by atoms with E-state index in [1.54, 1.807) is 17.4 Å². The molecular weight excluding hydrogens is 368 g/mol. The van der Waals surface area contributed by atoms with Gasteiger partial charge in [-0.2, -0.15) is 0 Å². The molecule has 0 aromatic carbocycles. The highest BCUT2D eigenvalue weighted by molar-refractivity contribution is 7.10. The van der Waals surface area contributed by atoms with E-state index in [4.69, 9.17) is 0 Å². The summed E-state index contributed by atoms with van der Waals surface area (Å²) >= 11 is 1.65. The summed E-state index contributed by atoms with van der Waals surface area (Å²) in [5, 5.41) is 2.02. The summed E-state index contributed by atoms with van der Waals surface area (Å²) in [6.07, 6.45) is 14.1. The Labute approximate surface area is 172 Å². The normalized spacial score (nSPS) is 26.6. The highest BCUT2D eigenvalue weighted by atomic mass is 32.1. The first-order valence-electron chi connectivity index (χ1n) is 11.0. The van der Waals surface area contributed by atoms with Crippen LogP contribution in [0.2, 0.25) is 0 Å². The minimum Gasteiger partial charge on any atom is -0.339 e. The lowest BCUT2D eigenvalue weighted by Gasteiger charge is -2.47. The first kappa shape index (κ1) is 19.7. The third-order valence-electron chi connectivity index (χ3n) is 6.89. The fourth-order valence-electron chi connectivity index (χ4n) is 5.28. The second-order valence-corrected chi connectivity index (χ2v) is 9.65. The van der Waals surface area contributed by atoms with Crippen LogP contribution in [0.25, 0.3) is 6.08 Å². The number of fused-ring (bicyclic) bond motifs is 1. The first-order valence-corrected chi connectivity index (χ1v) is 11.9. The van der Waals surface area contributed by atoms with E-state index in [0.717, 1.165) is 43.3 Å². The van der Waals surface area contributed by atoms with Gasteiger partial charge in [0.05, 0.1) is 0 Å². The molecule has 0 N–H and O–H groups in total. The molecule has 4 nitrogen and oxygen atoms in total. The Kier molecular flexibility index (Phi) is 6.50. The second kappa shape index (κ2) is 9.25. The molecule has 2 amide bonds. The number of hydrogen-bond acceptors (Lipinski definition) is 3. The molecule has 4 rings (SSSR count). The molecular formula is C23H32N2O2S. The van der Waals surface area contributed by atoms with Crippen LogP contribution in [0.4, 0.5) is 0 Å². The first-order chi connectivity index (χ1) is 13.7. The number of amides is 2. The molecule has 2 atom stereocenters. The average molecular weight is 401 g/mol. The van der Waals surface area contributed by atoms with Gasteiger partial charge < -0.3 is 9.80 Å². The molecule has 0 bridgehead atoms. The van der Waals surface area contributed by atoms with Crippen LogP contribution in [0.5, 0.6) is 0 Å². The third kappa shape index (κ3) is 4.68. The summed E-state index contributed by atoms with van der Waals surface area (Å²) in [5.41, 5.74) is 0. The van der Waals surface area contributed by atoms with Crippen LogP contribution >= 0.6 is 11.3 Å². The SMILES string of the molecule is O=C(C=Cc1cccs1)N1CC[C@H]2[C@H](CCC(=O)N2CCC2CCCCC2)C1. The number of rotatable bonds is 5. The molecule has 5 heteroatoms. The van der Waals surface area contributed by atoms with Crippen molar-refractivity contribution in [2.75, 3.05) is 19.6 Å². The smallest absolute Gasteiger partial charge is 0.246 e. The highest BCUT2D eigenvalue weighted by Crippen LogP contribution is 2.33. The van der Waals surface area contributed by atoms with Gasteiger partial charge >= 0.3 is 0 Å². The molecule has 2 saturated heterocycles. The molecule has 0 spiro atoms. The molecule has 3 fully saturated rings. The lowest BCUT2D eigenvalue weighted by molar-refractivity contribution is -0.143. The number of hydrogen-bond donors (Lipinski definition) is 0. The van der Waals surface area contributed by atoms with Gasteiger partial charge in [-0.05, 0) is 48.6 Å². The van der Waals surface area contributed by atoms with Crippen molar-refractivity contribution in [2.24, 2.45) is 11.8 Å². The average Bonchev–Trinajstić information content (AvgIpc) is 3.25. The molecule has 1 aromatic rings. The van der Waals surface area contributed by atoms with Gasteiger partial charge in [-0.25, -0.2) is 0 Å². The summed E-state index contributed by atoms with van der Waals surface area (Å²) in [6.45, 7) is 2.49. The molecule has 3 aliphatic rings. The fourth-order valence-corrected chi connectivity index (χ4v) is 5.90. The number of nitrogens with zero attached hydrogens (tertiary/aromatic N) is 2. The maximum Gasteiger partial charge on any atom is 0.246 e. The molecule has 1 aliphatic carbocycles. The van der Waals surface area contributed by atoms with E-state index in [9.17, 15) is 9.59 Å². The Hall–Kier alpha value is -1.62. The number of likely N-dealkylation sites (tertiary alicyclic amines) is 2. The van der Waals surface area contributed by atoms with Crippen LogP contribution in [0.15, 0.2) is 23.6 Å². The van der Waals surface area contributed by atoms with E-state index in [1.165, 1.54) is 38.5 Å². The van der Waals surface area contributed by atoms with Crippen LogP contribution in [-0.4, -0.2) is 47.3 Å². The number of piperidine rings is 2. The number of carbonyl (C=O) groups excluding carboxylic acids is 2. The van der Waals surface area contributed by atoms with Crippen molar-refractivity contribution in [2.45, 2.75) is 63.8 Å². The largest absolute Gasteiger partial charge is 0.339 e. The standard InChI is InChI=1S/C23H32N2O2S/c26-22(11-9-20-7-4-16-28-20)24-14-13-21-19(17-24)8-10-23(27)25(21)15-12-18-5-2-1-3-6-18/h4,7,9,11,16,18-19,21H,1-3,5-6,8,10,12-15,17H2/t19-,21+/m1/s1. The Bertz CT molecular complexity index is 693. The van der Waals surface area contributed by atoms with Gasteiger partial charge in [-0.1, -0.05) is 38.2 Å². The molecule has 1 saturated carbocycles. The fraction of sp³-hybridized carbons (Fsp3) is 0.652. The van der Waals surface area contributed by atoms with E-state index in [2.05, 4.69) is 4.90 Å². The molecule has 152 valence electrons. The van der Waals surface area contributed by atoms with Gasteiger partial charge in [0.1, 0.15) is 0 Å². The maximum atomic E-state index is 12.6. The van der Waals surface area contributed by atoms with Crippen LogP contribution < -0.4 is 0 Å². The Balaban J connectivity index is 1.32. The quantitative estimate of drug-likeness (QED) is 0.679.